The minimum atomic E-state index is -0.785. The van der Waals surface area contributed by atoms with Gasteiger partial charge in [-0.25, -0.2) is 0 Å². The Morgan fingerprint density at radius 3 is 0.984 bits per heavy atom. The lowest BCUT2D eigenvalue weighted by molar-refractivity contribution is -0.167. The van der Waals surface area contributed by atoms with Crippen LogP contribution in [0.5, 0.6) is 0 Å². The SMILES string of the molecule is CC/C=C\C/C=C\C/C=C\C/C=C\C/C=C\CCCCCC(=O)OC(COC(=O)CCCCCCC)COC(=O)CCCCCCCCCCCCCCCCCCCCCC. The molecule has 0 aliphatic rings. The third kappa shape index (κ3) is 48.1. The number of esters is 3. The van der Waals surface area contributed by atoms with Gasteiger partial charge in [0.05, 0.1) is 0 Å². The van der Waals surface area contributed by atoms with Gasteiger partial charge < -0.3 is 14.2 Å². The minimum absolute atomic E-state index is 0.0857. The molecular formula is C56H98O6. The van der Waals surface area contributed by atoms with E-state index in [4.69, 9.17) is 14.2 Å². The van der Waals surface area contributed by atoms with E-state index in [2.05, 4.69) is 81.5 Å². The fourth-order valence-corrected chi connectivity index (χ4v) is 7.35. The third-order valence-corrected chi connectivity index (χ3v) is 11.3. The van der Waals surface area contributed by atoms with Crippen LogP contribution in [-0.4, -0.2) is 37.2 Å². The van der Waals surface area contributed by atoms with Crippen LogP contribution >= 0.6 is 0 Å². The molecule has 0 amide bonds. The first-order chi connectivity index (χ1) is 30.5. The minimum Gasteiger partial charge on any atom is -0.462 e. The highest BCUT2D eigenvalue weighted by Crippen LogP contribution is 2.16. The number of unbranched alkanes of at least 4 members (excludes halogenated alkanes) is 26. The Hall–Kier alpha value is -2.89. The maximum atomic E-state index is 12.7. The molecule has 0 aromatic carbocycles. The molecule has 0 aliphatic heterocycles. The monoisotopic (exact) mass is 867 g/mol. The molecule has 0 aromatic rings. The second kappa shape index (κ2) is 50.8. The van der Waals surface area contributed by atoms with Crippen molar-refractivity contribution in [3.8, 4) is 0 Å². The van der Waals surface area contributed by atoms with E-state index in [1.54, 1.807) is 0 Å². The molecule has 0 fully saturated rings. The molecule has 0 aliphatic carbocycles. The van der Waals surface area contributed by atoms with Gasteiger partial charge in [0.2, 0.25) is 0 Å². The summed E-state index contributed by atoms with van der Waals surface area (Å²) in [7, 11) is 0. The molecule has 0 aromatic heterocycles. The molecule has 0 N–H and O–H groups in total. The Bertz CT molecular complexity index is 1130. The van der Waals surface area contributed by atoms with Crippen LogP contribution in [-0.2, 0) is 28.6 Å². The Labute approximate surface area is 383 Å². The van der Waals surface area contributed by atoms with Gasteiger partial charge in [0, 0.05) is 19.3 Å². The van der Waals surface area contributed by atoms with Crippen LogP contribution < -0.4 is 0 Å². The van der Waals surface area contributed by atoms with Gasteiger partial charge in [0.25, 0.3) is 0 Å². The maximum Gasteiger partial charge on any atom is 0.306 e. The van der Waals surface area contributed by atoms with Gasteiger partial charge in [0.15, 0.2) is 6.10 Å². The van der Waals surface area contributed by atoms with Crippen molar-refractivity contribution in [3.05, 3.63) is 60.8 Å². The average Bonchev–Trinajstić information content (AvgIpc) is 3.27. The van der Waals surface area contributed by atoms with Gasteiger partial charge in [-0.15, -0.1) is 0 Å². The highest BCUT2D eigenvalue weighted by atomic mass is 16.6. The molecule has 0 spiro atoms. The number of allylic oxidation sites excluding steroid dienone is 10. The summed E-state index contributed by atoms with van der Waals surface area (Å²) in [5, 5.41) is 0. The summed E-state index contributed by atoms with van der Waals surface area (Å²) in [4.78, 5) is 37.7. The first kappa shape index (κ1) is 59.1. The summed E-state index contributed by atoms with van der Waals surface area (Å²) in [5.74, 6) is -0.926. The largest absolute Gasteiger partial charge is 0.462 e. The van der Waals surface area contributed by atoms with Crippen molar-refractivity contribution >= 4 is 17.9 Å². The zero-order valence-electron chi connectivity index (χ0n) is 40.9. The molecule has 0 bridgehead atoms. The Morgan fingerprint density at radius 1 is 0.339 bits per heavy atom. The highest BCUT2D eigenvalue weighted by Gasteiger charge is 2.19. The normalized spacial score (nSPS) is 12.5. The first-order valence-electron chi connectivity index (χ1n) is 26.3. The van der Waals surface area contributed by atoms with Gasteiger partial charge in [-0.2, -0.15) is 0 Å². The molecule has 0 rings (SSSR count). The summed E-state index contributed by atoms with van der Waals surface area (Å²) in [6, 6.07) is 0. The third-order valence-electron chi connectivity index (χ3n) is 11.3. The zero-order chi connectivity index (χ0) is 45.1. The van der Waals surface area contributed by atoms with Crippen LogP contribution in [0.2, 0.25) is 0 Å². The molecule has 0 saturated carbocycles. The van der Waals surface area contributed by atoms with Crippen LogP contribution in [0.15, 0.2) is 60.8 Å². The first-order valence-corrected chi connectivity index (χ1v) is 26.3. The lowest BCUT2D eigenvalue weighted by Gasteiger charge is -2.18. The molecule has 6 nitrogen and oxygen atoms in total. The molecule has 62 heavy (non-hydrogen) atoms. The van der Waals surface area contributed by atoms with E-state index in [0.29, 0.717) is 19.3 Å². The summed E-state index contributed by atoms with van der Waals surface area (Å²) >= 11 is 0. The van der Waals surface area contributed by atoms with Crippen LogP contribution in [0.1, 0.15) is 258 Å². The quantitative estimate of drug-likeness (QED) is 0.0262. The molecule has 0 heterocycles. The maximum absolute atomic E-state index is 12.7. The van der Waals surface area contributed by atoms with Crippen LogP contribution in [0, 0.1) is 0 Å². The van der Waals surface area contributed by atoms with Crippen molar-refractivity contribution in [2.24, 2.45) is 0 Å². The number of hydrogen-bond donors (Lipinski definition) is 0. The van der Waals surface area contributed by atoms with E-state index >= 15 is 0 Å². The summed E-state index contributed by atoms with van der Waals surface area (Å²) in [6.45, 7) is 6.43. The van der Waals surface area contributed by atoms with Gasteiger partial charge in [-0.1, -0.05) is 236 Å². The number of carbonyl (C=O) groups excluding carboxylic acids is 3. The molecule has 1 atom stereocenters. The topological polar surface area (TPSA) is 78.9 Å². The van der Waals surface area contributed by atoms with Gasteiger partial charge in [-0.3, -0.25) is 14.4 Å². The predicted octanol–water partition coefficient (Wildman–Crippen LogP) is 17.3. The van der Waals surface area contributed by atoms with Crippen molar-refractivity contribution in [3.63, 3.8) is 0 Å². The molecule has 0 radical (unpaired) electrons. The van der Waals surface area contributed by atoms with Crippen LogP contribution in [0.25, 0.3) is 0 Å². The highest BCUT2D eigenvalue weighted by molar-refractivity contribution is 5.71. The van der Waals surface area contributed by atoms with E-state index in [-0.39, 0.29) is 31.1 Å². The molecule has 1 unspecified atom stereocenters. The number of carbonyl (C=O) groups is 3. The molecule has 6 heteroatoms. The Balaban J connectivity index is 4.19. The van der Waals surface area contributed by atoms with E-state index in [1.807, 2.05) is 0 Å². The number of rotatable bonds is 47. The van der Waals surface area contributed by atoms with Gasteiger partial charge in [0.1, 0.15) is 13.2 Å². The van der Waals surface area contributed by atoms with E-state index in [1.165, 1.54) is 116 Å². The fraction of sp³-hybridized carbons (Fsp3) is 0.768. The standard InChI is InChI=1S/C56H98O6/c1-4-7-10-13-15-17-19-21-23-25-27-29-30-32-34-36-38-40-43-46-49-55(58)61-52-53(51-60-54(57)48-45-42-12-9-6-3)62-56(59)50-47-44-41-39-37-35-33-31-28-26-24-22-20-18-16-14-11-8-5-2/h8,11,16,18,22,24,28,31,35,37,53H,4-7,9-10,12-15,17,19-21,23,25-27,29-30,32-34,36,38-52H2,1-3H3/b11-8-,18-16-,24-22-,31-28-,37-35-. The van der Waals surface area contributed by atoms with Gasteiger partial charge >= 0.3 is 17.9 Å². The van der Waals surface area contributed by atoms with E-state index in [9.17, 15) is 14.4 Å². The zero-order valence-corrected chi connectivity index (χ0v) is 40.9. The average molecular weight is 867 g/mol. The van der Waals surface area contributed by atoms with Gasteiger partial charge in [-0.05, 0) is 64.2 Å². The Kier molecular flexibility index (Phi) is 48.4. The van der Waals surface area contributed by atoms with E-state index < -0.39 is 6.10 Å². The van der Waals surface area contributed by atoms with E-state index in [0.717, 1.165) is 103 Å². The van der Waals surface area contributed by atoms with Crippen LogP contribution in [0.3, 0.4) is 0 Å². The molecule has 358 valence electrons. The van der Waals surface area contributed by atoms with Crippen molar-refractivity contribution in [2.45, 2.75) is 264 Å². The number of hydrogen-bond acceptors (Lipinski definition) is 6. The van der Waals surface area contributed by atoms with Crippen molar-refractivity contribution in [1.29, 1.82) is 0 Å². The summed E-state index contributed by atoms with van der Waals surface area (Å²) in [6.07, 6.45) is 62.5. The lowest BCUT2D eigenvalue weighted by Crippen LogP contribution is -2.30. The smallest absolute Gasteiger partial charge is 0.306 e. The molecular weight excluding hydrogens is 769 g/mol. The second-order valence-electron chi connectivity index (χ2n) is 17.4. The van der Waals surface area contributed by atoms with Crippen molar-refractivity contribution in [1.82, 2.24) is 0 Å². The van der Waals surface area contributed by atoms with Crippen LogP contribution in [0.4, 0.5) is 0 Å². The lowest BCUT2D eigenvalue weighted by atomic mass is 10.0. The Morgan fingerprint density at radius 2 is 0.629 bits per heavy atom. The van der Waals surface area contributed by atoms with Crippen molar-refractivity contribution < 1.29 is 28.6 Å². The summed E-state index contributed by atoms with van der Waals surface area (Å²) < 4.78 is 16.7. The molecule has 0 saturated heterocycles. The fourth-order valence-electron chi connectivity index (χ4n) is 7.35. The second-order valence-corrected chi connectivity index (χ2v) is 17.4. The van der Waals surface area contributed by atoms with Crippen molar-refractivity contribution in [2.75, 3.05) is 13.2 Å². The number of ether oxygens (including phenoxy) is 3. The summed E-state index contributed by atoms with van der Waals surface area (Å²) in [5.41, 5.74) is 0. The predicted molar refractivity (Wildman–Crippen MR) is 265 cm³/mol.